The first-order chi connectivity index (χ1) is 10.8. The number of nitrogens with one attached hydrogen (secondary N) is 2. The van der Waals surface area contributed by atoms with Gasteiger partial charge in [-0.2, -0.15) is 36.7 Å². The van der Waals surface area contributed by atoms with Gasteiger partial charge in [-0.1, -0.05) is 12.1 Å². The smallest absolute Gasteiger partial charge is 0.382 e. The highest BCUT2D eigenvalue weighted by atomic mass is 19.4. The molecule has 0 saturated carbocycles. The van der Waals surface area contributed by atoms with Gasteiger partial charge in [-0.25, -0.2) is 0 Å². The second kappa shape index (κ2) is 6.36. The molecule has 12 heteroatoms. The van der Waals surface area contributed by atoms with Gasteiger partial charge >= 0.3 is 12.4 Å². The Bertz CT molecular complexity index is 689. The Morgan fingerprint density at radius 1 is 1.21 bits per heavy atom. The van der Waals surface area contributed by atoms with Crippen LogP contribution in [0.5, 0.6) is 0 Å². The van der Waals surface area contributed by atoms with Crippen molar-refractivity contribution >= 4 is 17.2 Å². The van der Waals surface area contributed by atoms with Crippen molar-refractivity contribution in [2.45, 2.75) is 18.0 Å². The molecule has 1 rings (SSSR count). The fourth-order valence-electron chi connectivity index (χ4n) is 1.57. The Morgan fingerprint density at radius 3 is 2.17 bits per heavy atom. The molecule has 24 heavy (non-hydrogen) atoms. The lowest BCUT2D eigenvalue weighted by Gasteiger charge is -2.32. The first-order valence-corrected chi connectivity index (χ1v) is 5.89. The molecule has 0 aliphatic rings. The van der Waals surface area contributed by atoms with Gasteiger partial charge in [0.2, 0.25) is 5.71 Å². The van der Waals surface area contributed by atoms with Crippen LogP contribution in [0.3, 0.4) is 0 Å². The van der Waals surface area contributed by atoms with E-state index in [-0.39, 0.29) is 0 Å². The minimum absolute atomic E-state index is 0.361. The number of amidine groups is 1. The summed E-state index contributed by atoms with van der Waals surface area (Å²) in [4.78, 5) is 0. The highest BCUT2D eigenvalue weighted by Gasteiger charge is 2.71. The second-order valence-electron chi connectivity index (χ2n) is 4.38. The van der Waals surface area contributed by atoms with E-state index in [2.05, 4.69) is 5.10 Å². The number of nitrogens with two attached hydrogens (primary N) is 1. The molecule has 0 heterocycles. The van der Waals surface area contributed by atoms with Gasteiger partial charge in [0, 0.05) is 5.56 Å². The minimum atomic E-state index is -6.02. The number of aliphatic hydroxyl groups is 1. The lowest BCUT2D eigenvalue weighted by atomic mass is 9.92. The lowest BCUT2D eigenvalue weighted by Crippen LogP contribution is -2.53. The number of rotatable bonds is 4. The van der Waals surface area contributed by atoms with Crippen LogP contribution < -0.4 is 11.2 Å². The van der Waals surface area contributed by atoms with E-state index in [0.717, 1.165) is 12.1 Å². The Labute approximate surface area is 130 Å². The van der Waals surface area contributed by atoms with Crippen LogP contribution in [0.1, 0.15) is 5.56 Å². The van der Waals surface area contributed by atoms with E-state index in [1.165, 1.54) is 6.07 Å². The molecule has 0 spiro atoms. The van der Waals surface area contributed by atoms with E-state index in [9.17, 15) is 31.4 Å². The summed E-state index contributed by atoms with van der Waals surface area (Å²) in [6, 6.07) is 4.04. The number of hydrogen-bond donors (Lipinski definition) is 4. The Hall–Kier alpha value is -2.81. The van der Waals surface area contributed by atoms with E-state index in [4.69, 9.17) is 16.4 Å². The molecule has 0 atom stereocenters. The zero-order valence-corrected chi connectivity index (χ0v) is 11.5. The second-order valence-corrected chi connectivity index (χ2v) is 4.38. The average Bonchev–Trinajstić information content (AvgIpc) is 2.44. The summed E-state index contributed by atoms with van der Waals surface area (Å²) in [5, 5.41) is 28.1. The SMILES string of the molecule is N#C/C(=N\Nc1cccc(C(O)(C(F)(F)F)C(F)(F)F)c1)C(=N)N. The van der Waals surface area contributed by atoms with Gasteiger partial charge in [-0.05, 0) is 12.1 Å². The summed E-state index contributed by atoms with van der Waals surface area (Å²) in [6.07, 6.45) is -12.0. The van der Waals surface area contributed by atoms with Crippen LogP contribution in [0, 0.1) is 16.7 Å². The van der Waals surface area contributed by atoms with Crippen LogP contribution in [-0.2, 0) is 5.60 Å². The van der Waals surface area contributed by atoms with Crippen molar-refractivity contribution in [3.63, 3.8) is 0 Å². The van der Waals surface area contributed by atoms with Crippen LogP contribution in [0.4, 0.5) is 32.0 Å². The third-order valence-electron chi connectivity index (χ3n) is 2.76. The molecule has 0 amide bonds. The topological polar surface area (TPSA) is 118 Å². The van der Waals surface area contributed by atoms with Crippen LogP contribution in [-0.4, -0.2) is 29.0 Å². The third-order valence-corrected chi connectivity index (χ3v) is 2.76. The number of nitrogens with zero attached hydrogens (tertiary/aromatic N) is 2. The molecule has 0 fully saturated rings. The van der Waals surface area contributed by atoms with Crippen molar-refractivity contribution in [1.82, 2.24) is 0 Å². The quantitative estimate of drug-likeness (QED) is 0.287. The normalized spacial score (nSPS) is 13.3. The fourth-order valence-corrected chi connectivity index (χ4v) is 1.57. The fraction of sp³-hybridized carbons (Fsp3) is 0.250. The number of benzene rings is 1. The molecular formula is C12H9F6N5O. The molecule has 0 aliphatic heterocycles. The standard InChI is InChI=1S/C12H9F6N5O/c13-11(14,15)10(24,12(16,17)18)6-2-1-3-7(4-6)22-23-8(5-19)9(20)21/h1-4,22,24H,(H3,20,21)/b23-8+. The van der Waals surface area contributed by atoms with E-state index in [1.54, 1.807) is 0 Å². The van der Waals surface area contributed by atoms with Crippen molar-refractivity contribution in [2.24, 2.45) is 10.8 Å². The molecule has 0 saturated heterocycles. The van der Waals surface area contributed by atoms with Gasteiger partial charge in [0.15, 0.2) is 5.84 Å². The van der Waals surface area contributed by atoms with Crippen LogP contribution in [0.2, 0.25) is 0 Å². The molecule has 6 nitrogen and oxygen atoms in total. The van der Waals surface area contributed by atoms with E-state index in [1.807, 2.05) is 5.43 Å². The summed E-state index contributed by atoms with van der Waals surface area (Å²) in [5.41, 5.74) is -0.643. The van der Waals surface area contributed by atoms with Crippen molar-refractivity contribution in [3.05, 3.63) is 29.8 Å². The molecule has 5 N–H and O–H groups in total. The van der Waals surface area contributed by atoms with Crippen molar-refractivity contribution in [3.8, 4) is 6.07 Å². The monoisotopic (exact) mass is 353 g/mol. The minimum Gasteiger partial charge on any atom is -0.382 e. The summed E-state index contributed by atoms with van der Waals surface area (Å²) in [5.74, 6) is -0.761. The lowest BCUT2D eigenvalue weighted by molar-refractivity contribution is -0.376. The number of halogens is 6. The predicted octanol–water partition coefficient (Wildman–Crippen LogP) is 2.23. The van der Waals surface area contributed by atoms with Crippen LogP contribution in [0.15, 0.2) is 29.4 Å². The summed E-state index contributed by atoms with van der Waals surface area (Å²) < 4.78 is 76.7. The van der Waals surface area contributed by atoms with Gasteiger partial charge in [-0.15, -0.1) is 0 Å². The predicted molar refractivity (Wildman–Crippen MR) is 71.0 cm³/mol. The Morgan fingerprint density at radius 2 is 1.75 bits per heavy atom. The number of hydrogen-bond acceptors (Lipinski definition) is 5. The number of hydrazone groups is 1. The maximum Gasteiger partial charge on any atom is 0.430 e. The largest absolute Gasteiger partial charge is 0.430 e. The van der Waals surface area contributed by atoms with Crippen molar-refractivity contribution < 1.29 is 31.4 Å². The van der Waals surface area contributed by atoms with E-state index < -0.39 is 40.8 Å². The molecule has 0 aromatic heterocycles. The molecule has 1 aromatic carbocycles. The van der Waals surface area contributed by atoms with Gasteiger partial charge in [0.05, 0.1) is 5.69 Å². The first-order valence-electron chi connectivity index (χ1n) is 5.89. The van der Waals surface area contributed by atoms with Crippen LogP contribution >= 0.6 is 0 Å². The average molecular weight is 353 g/mol. The van der Waals surface area contributed by atoms with Crippen molar-refractivity contribution in [2.75, 3.05) is 5.43 Å². The Balaban J connectivity index is 3.34. The first kappa shape index (κ1) is 19.2. The number of nitriles is 1. The Kier molecular flexibility index (Phi) is 5.10. The maximum atomic E-state index is 12.8. The molecule has 0 unspecified atom stereocenters. The summed E-state index contributed by atoms with van der Waals surface area (Å²) in [7, 11) is 0. The molecule has 1 aromatic rings. The van der Waals surface area contributed by atoms with E-state index in [0.29, 0.717) is 12.1 Å². The van der Waals surface area contributed by atoms with Gasteiger partial charge in [0.25, 0.3) is 5.60 Å². The summed E-state index contributed by atoms with van der Waals surface area (Å²) >= 11 is 0. The molecular weight excluding hydrogens is 344 g/mol. The van der Waals surface area contributed by atoms with Crippen LogP contribution in [0.25, 0.3) is 0 Å². The van der Waals surface area contributed by atoms with Gasteiger partial charge in [-0.3, -0.25) is 10.8 Å². The zero-order chi connectivity index (χ0) is 18.8. The zero-order valence-electron chi connectivity index (χ0n) is 11.5. The number of anilines is 1. The maximum absolute atomic E-state index is 12.8. The summed E-state index contributed by atoms with van der Waals surface area (Å²) in [6.45, 7) is 0. The highest BCUT2D eigenvalue weighted by molar-refractivity contribution is 6.45. The molecule has 0 aliphatic carbocycles. The van der Waals surface area contributed by atoms with Crippen molar-refractivity contribution in [1.29, 1.82) is 10.7 Å². The molecule has 0 bridgehead atoms. The van der Waals surface area contributed by atoms with Gasteiger partial charge < -0.3 is 10.8 Å². The van der Waals surface area contributed by atoms with E-state index >= 15 is 0 Å². The highest BCUT2D eigenvalue weighted by Crippen LogP contribution is 2.50. The number of alkyl halides is 6. The molecule has 130 valence electrons. The van der Waals surface area contributed by atoms with Gasteiger partial charge in [0.1, 0.15) is 6.07 Å². The molecule has 0 radical (unpaired) electrons. The third kappa shape index (κ3) is 3.57.